The number of halogens is 2. The second-order valence-corrected chi connectivity index (χ2v) is 4.73. The second-order valence-electron chi connectivity index (χ2n) is 4.73. The molecule has 1 N–H and O–H groups in total. The monoisotopic (exact) mass is 340 g/mol. The molecule has 2 aromatic rings. The number of rotatable bonds is 6. The summed E-state index contributed by atoms with van der Waals surface area (Å²) in [5.41, 5.74) is 0.888. The van der Waals surface area contributed by atoms with Gasteiger partial charge in [0.25, 0.3) is 5.91 Å². The van der Waals surface area contributed by atoms with Gasteiger partial charge in [-0.25, -0.2) is 4.79 Å². The Morgan fingerprint density at radius 3 is 2.46 bits per heavy atom. The fraction of sp³-hybridized carbons (Fsp3) is 0.267. The minimum Gasteiger partial charge on any atom is -0.452 e. The Hall–Kier alpha value is -2.97. The SMILES string of the molecule is Cc1noc(C)c1C(=O)OCC(=O)Nc1ccc(OC(F)F)cc1. The van der Waals surface area contributed by atoms with Gasteiger partial charge in [0.1, 0.15) is 17.1 Å². The topological polar surface area (TPSA) is 90.7 Å². The molecule has 0 atom stereocenters. The Labute approximate surface area is 135 Å². The van der Waals surface area contributed by atoms with Crippen molar-refractivity contribution in [1.29, 1.82) is 0 Å². The van der Waals surface area contributed by atoms with Crippen molar-refractivity contribution in [1.82, 2.24) is 5.16 Å². The Morgan fingerprint density at radius 1 is 1.25 bits per heavy atom. The summed E-state index contributed by atoms with van der Waals surface area (Å²) in [6, 6.07) is 5.31. The normalized spacial score (nSPS) is 10.5. The molecule has 0 aliphatic heterocycles. The van der Waals surface area contributed by atoms with E-state index in [1.54, 1.807) is 13.8 Å². The number of esters is 1. The first-order valence-electron chi connectivity index (χ1n) is 6.81. The van der Waals surface area contributed by atoms with E-state index in [9.17, 15) is 18.4 Å². The smallest absolute Gasteiger partial charge is 0.387 e. The summed E-state index contributed by atoms with van der Waals surface area (Å²) in [5, 5.41) is 6.07. The second kappa shape index (κ2) is 7.53. The van der Waals surface area contributed by atoms with Gasteiger partial charge < -0.3 is 19.3 Å². The molecular formula is C15H14F2N2O5. The minimum absolute atomic E-state index is 0.0344. The number of anilines is 1. The van der Waals surface area contributed by atoms with Crippen molar-refractivity contribution in [2.45, 2.75) is 20.5 Å². The largest absolute Gasteiger partial charge is 0.452 e. The number of nitrogens with zero attached hydrogens (tertiary/aromatic N) is 1. The highest BCUT2D eigenvalue weighted by molar-refractivity contribution is 5.96. The van der Waals surface area contributed by atoms with E-state index >= 15 is 0 Å². The maximum Gasteiger partial charge on any atom is 0.387 e. The van der Waals surface area contributed by atoms with Crippen molar-refractivity contribution in [3.05, 3.63) is 41.3 Å². The molecule has 0 bridgehead atoms. The molecule has 0 saturated heterocycles. The van der Waals surface area contributed by atoms with Gasteiger partial charge in [-0.1, -0.05) is 5.16 Å². The summed E-state index contributed by atoms with van der Waals surface area (Å²) in [6.45, 7) is -0.303. The fourth-order valence-electron chi connectivity index (χ4n) is 1.89. The third-order valence-corrected chi connectivity index (χ3v) is 2.94. The molecule has 0 spiro atoms. The molecule has 0 radical (unpaired) electrons. The van der Waals surface area contributed by atoms with Gasteiger partial charge in [-0.05, 0) is 38.1 Å². The molecule has 0 unspecified atom stereocenters. The van der Waals surface area contributed by atoms with E-state index in [0.717, 1.165) is 0 Å². The Balaban J connectivity index is 1.86. The lowest BCUT2D eigenvalue weighted by atomic mass is 10.2. The molecule has 1 amide bonds. The number of hydrogen-bond donors (Lipinski definition) is 1. The van der Waals surface area contributed by atoms with Crippen LogP contribution in [0.5, 0.6) is 5.75 Å². The van der Waals surface area contributed by atoms with Gasteiger partial charge in [0.2, 0.25) is 0 Å². The molecule has 9 heteroatoms. The minimum atomic E-state index is -2.92. The highest BCUT2D eigenvalue weighted by Gasteiger charge is 2.19. The number of hydrogen-bond acceptors (Lipinski definition) is 6. The van der Waals surface area contributed by atoms with Gasteiger partial charge in [-0.15, -0.1) is 0 Å². The number of ether oxygens (including phenoxy) is 2. The first-order valence-corrected chi connectivity index (χ1v) is 6.81. The number of carbonyl (C=O) groups is 2. The maximum absolute atomic E-state index is 12.0. The average Bonchev–Trinajstić information content (AvgIpc) is 2.85. The molecule has 0 aliphatic carbocycles. The lowest BCUT2D eigenvalue weighted by Crippen LogP contribution is -2.21. The summed E-state index contributed by atoms with van der Waals surface area (Å²) in [4.78, 5) is 23.6. The van der Waals surface area contributed by atoms with Crippen LogP contribution in [-0.2, 0) is 9.53 Å². The summed E-state index contributed by atoms with van der Waals surface area (Å²) in [5.74, 6) is -1.04. The van der Waals surface area contributed by atoms with Crippen LogP contribution in [0.2, 0.25) is 0 Å². The lowest BCUT2D eigenvalue weighted by molar-refractivity contribution is -0.119. The molecule has 0 aliphatic rings. The molecule has 24 heavy (non-hydrogen) atoms. The predicted molar refractivity (Wildman–Crippen MR) is 78.0 cm³/mol. The first kappa shape index (κ1) is 17.4. The number of nitrogens with one attached hydrogen (secondary N) is 1. The van der Waals surface area contributed by atoms with Gasteiger partial charge in [-0.3, -0.25) is 4.79 Å². The van der Waals surface area contributed by atoms with Crippen LogP contribution >= 0.6 is 0 Å². The number of aryl methyl sites for hydroxylation is 2. The van der Waals surface area contributed by atoms with E-state index in [1.807, 2.05) is 0 Å². The zero-order chi connectivity index (χ0) is 17.7. The van der Waals surface area contributed by atoms with E-state index in [4.69, 9.17) is 9.26 Å². The van der Waals surface area contributed by atoms with Crippen LogP contribution < -0.4 is 10.1 Å². The molecule has 1 aromatic carbocycles. The quantitative estimate of drug-likeness (QED) is 0.813. The van der Waals surface area contributed by atoms with Crippen LogP contribution in [-0.4, -0.2) is 30.3 Å². The summed E-state index contributed by atoms with van der Waals surface area (Å²) in [6.07, 6.45) is 0. The highest BCUT2D eigenvalue weighted by Crippen LogP contribution is 2.18. The summed E-state index contributed by atoms with van der Waals surface area (Å²) < 4.78 is 38.0. The van der Waals surface area contributed by atoms with Crippen LogP contribution in [0.25, 0.3) is 0 Å². The van der Waals surface area contributed by atoms with E-state index in [1.165, 1.54) is 24.3 Å². The van der Waals surface area contributed by atoms with Gasteiger partial charge >= 0.3 is 12.6 Å². The van der Waals surface area contributed by atoms with E-state index in [0.29, 0.717) is 17.1 Å². The van der Waals surface area contributed by atoms with Gasteiger partial charge in [0.05, 0.1) is 5.69 Å². The number of aromatic nitrogens is 1. The molecule has 1 heterocycles. The molecular weight excluding hydrogens is 326 g/mol. The van der Waals surface area contributed by atoms with Gasteiger partial charge in [-0.2, -0.15) is 8.78 Å². The van der Waals surface area contributed by atoms with Gasteiger partial charge in [0, 0.05) is 5.69 Å². The Kier molecular flexibility index (Phi) is 5.46. The number of amides is 1. The van der Waals surface area contributed by atoms with Crippen molar-refractivity contribution < 1.29 is 32.4 Å². The lowest BCUT2D eigenvalue weighted by Gasteiger charge is -2.08. The summed E-state index contributed by atoms with van der Waals surface area (Å²) >= 11 is 0. The molecule has 0 fully saturated rings. The number of alkyl halides is 2. The van der Waals surface area contributed by atoms with E-state index in [-0.39, 0.29) is 11.3 Å². The van der Waals surface area contributed by atoms with Crippen molar-refractivity contribution in [3.8, 4) is 5.75 Å². The first-order chi connectivity index (χ1) is 11.4. The van der Waals surface area contributed by atoms with E-state index in [2.05, 4.69) is 15.2 Å². The number of carbonyl (C=O) groups excluding carboxylic acids is 2. The molecule has 0 saturated carbocycles. The highest BCUT2D eigenvalue weighted by atomic mass is 19.3. The predicted octanol–water partition coefficient (Wildman–Crippen LogP) is 2.69. The Bertz CT molecular complexity index is 708. The zero-order valence-corrected chi connectivity index (χ0v) is 12.8. The molecule has 7 nitrogen and oxygen atoms in total. The van der Waals surface area contributed by atoms with Crippen molar-refractivity contribution >= 4 is 17.6 Å². The maximum atomic E-state index is 12.0. The van der Waals surface area contributed by atoms with Crippen LogP contribution in [0.15, 0.2) is 28.8 Å². The third-order valence-electron chi connectivity index (χ3n) is 2.94. The van der Waals surface area contributed by atoms with Crippen LogP contribution in [0.3, 0.4) is 0 Å². The zero-order valence-electron chi connectivity index (χ0n) is 12.8. The van der Waals surface area contributed by atoms with Crippen molar-refractivity contribution in [3.63, 3.8) is 0 Å². The summed E-state index contributed by atoms with van der Waals surface area (Å²) in [7, 11) is 0. The standard InChI is InChI=1S/C15H14F2N2O5/c1-8-13(9(2)24-19-8)14(21)22-7-12(20)18-10-3-5-11(6-4-10)23-15(16)17/h3-6,15H,7H2,1-2H3,(H,18,20). The van der Waals surface area contributed by atoms with Crippen LogP contribution in [0.1, 0.15) is 21.8 Å². The Morgan fingerprint density at radius 2 is 1.92 bits per heavy atom. The third kappa shape index (κ3) is 4.51. The van der Waals surface area contributed by atoms with Crippen molar-refractivity contribution in [2.75, 3.05) is 11.9 Å². The fourth-order valence-corrected chi connectivity index (χ4v) is 1.89. The van der Waals surface area contributed by atoms with Gasteiger partial charge in [0.15, 0.2) is 6.61 Å². The molecule has 2 rings (SSSR count). The van der Waals surface area contributed by atoms with Crippen LogP contribution in [0, 0.1) is 13.8 Å². The van der Waals surface area contributed by atoms with Crippen LogP contribution in [0.4, 0.5) is 14.5 Å². The number of benzene rings is 1. The molecule has 128 valence electrons. The van der Waals surface area contributed by atoms with Crippen molar-refractivity contribution in [2.24, 2.45) is 0 Å². The average molecular weight is 340 g/mol. The molecule has 1 aromatic heterocycles. The van der Waals surface area contributed by atoms with E-state index < -0.39 is 25.1 Å².